The van der Waals surface area contributed by atoms with Crippen molar-refractivity contribution in [2.45, 2.75) is 44.3 Å². The number of halogens is 1. The zero-order valence-electron chi connectivity index (χ0n) is 13.5. The van der Waals surface area contributed by atoms with E-state index in [1.165, 1.54) is 4.68 Å². The number of carbonyl (C=O) groups is 1. The summed E-state index contributed by atoms with van der Waals surface area (Å²) in [6, 6.07) is 8.88. The number of nitrogens with one attached hydrogen (secondary N) is 1. The van der Waals surface area contributed by atoms with Crippen molar-refractivity contribution in [1.82, 2.24) is 25.7 Å². The van der Waals surface area contributed by atoms with Crippen LogP contribution in [0.3, 0.4) is 0 Å². The van der Waals surface area contributed by atoms with Crippen molar-refractivity contribution in [1.29, 1.82) is 0 Å². The highest BCUT2D eigenvalue weighted by Gasteiger charge is 2.38. The van der Waals surface area contributed by atoms with Gasteiger partial charge in [-0.1, -0.05) is 30.3 Å². The van der Waals surface area contributed by atoms with Gasteiger partial charge in [0.05, 0.1) is 0 Å². The minimum absolute atomic E-state index is 0.134. The summed E-state index contributed by atoms with van der Waals surface area (Å²) in [4.78, 5) is 17.6. The van der Waals surface area contributed by atoms with Gasteiger partial charge in [-0.25, -0.2) is 14.6 Å². The van der Waals surface area contributed by atoms with Gasteiger partial charge in [0.1, 0.15) is 24.1 Å². The molecule has 1 aromatic carbocycles. The maximum absolute atomic E-state index is 13.9. The van der Waals surface area contributed by atoms with Crippen LogP contribution in [0, 0.1) is 6.92 Å². The van der Waals surface area contributed by atoms with Crippen LogP contribution >= 0.6 is 0 Å². The molecule has 1 atom stereocenters. The van der Waals surface area contributed by atoms with Gasteiger partial charge in [-0.15, -0.1) is 5.10 Å². The van der Waals surface area contributed by atoms with E-state index >= 15 is 0 Å². The third kappa shape index (κ3) is 3.76. The fourth-order valence-electron chi connectivity index (χ4n) is 2.66. The molecule has 128 valence electrons. The Labute approximate surface area is 139 Å². The smallest absolute Gasteiger partial charge is 0.268 e. The summed E-state index contributed by atoms with van der Waals surface area (Å²) in [5.41, 5.74) is 2.00. The maximum Gasteiger partial charge on any atom is 0.268 e. The standard InChI is InChI=1S/C16H20FN5O2/c1-12-18-20-21-22(12)14(10-13-6-3-2-4-7-13)15(23)19-24-11-16(17)8-5-9-16/h2-4,6-7,14H,5,8-11H2,1H3,(H,19,23). The molecule has 8 heteroatoms. The molecule has 3 rings (SSSR count). The predicted molar refractivity (Wildman–Crippen MR) is 83.5 cm³/mol. The number of hydroxylamine groups is 1. The van der Waals surface area contributed by atoms with Gasteiger partial charge >= 0.3 is 0 Å². The average Bonchev–Trinajstić information content (AvgIpc) is 2.97. The van der Waals surface area contributed by atoms with Gasteiger partial charge in [-0.3, -0.25) is 9.63 Å². The number of rotatable bonds is 7. The first-order valence-electron chi connectivity index (χ1n) is 7.96. The number of hydrogen-bond donors (Lipinski definition) is 1. The molecule has 24 heavy (non-hydrogen) atoms. The van der Waals surface area contributed by atoms with E-state index in [4.69, 9.17) is 4.84 Å². The molecule has 1 aromatic heterocycles. The SMILES string of the molecule is Cc1nnnn1C(Cc1ccccc1)C(=O)NOCC1(F)CCC1. The summed E-state index contributed by atoms with van der Waals surface area (Å²) < 4.78 is 15.4. The van der Waals surface area contributed by atoms with Crippen molar-refractivity contribution in [3.05, 3.63) is 41.7 Å². The van der Waals surface area contributed by atoms with Crippen LogP contribution in [0.1, 0.15) is 36.7 Å². The van der Waals surface area contributed by atoms with E-state index in [1.54, 1.807) is 6.92 Å². The van der Waals surface area contributed by atoms with Crippen molar-refractivity contribution in [2.24, 2.45) is 0 Å². The average molecular weight is 333 g/mol. The molecule has 1 N–H and O–H groups in total. The second kappa shape index (κ2) is 7.04. The molecule has 1 heterocycles. The van der Waals surface area contributed by atoms with Crippen LogP contribution in [0.5, 0.6) is 0 Å². The first kappa shape index (κ1) is 16.5. The van der Waals surface area contributed by atoms with Crippen LogP contribution in [-0.4, -0.2) is 38.4 Å². The molecule has 2 aromatic rings. The van der Waals surface area contributed by atoms with E-state index in [0.717, 1.165) is 12.0 Å². The minimum Gasteiger partial charge on any atom is -0.270 e. The van der Waals surface area contributed by atoms with E-state index < -0.39 is 17.6 Å². The lowest BCUT2D eigenvalue weighted by Gasteiger charge is -2.33. The molecule has 1 amide bonds. The monoisotopic (exact) mass is 333 g/mol. The van der Waals surface area contributed by atoms with Crippen molar-refractivity contribution < 1.29 is 14.0 Å². The lowest BCUT2D eigenvalue weighted by atomic mass is 9.83. The molecule has 1 unspecified atom stereocenters. The lowest BCUT2D eigenvalue weighted by molar-refractivity contribution is -0.144. The molecule has 7 nitrogen and oxygen atoms in total. The highest BCUT2D eigenvalue weighted by Crippen LogP contribution is 2.35. The van der Waals surface area contributed by atoms with E-state index in [0.29, 0.717) is 25.1 Å². The molecule has 1 fully saturated rings. The van der Waals surface area contributed by atoms with Crippen molar-refractivity contribution in [3.8, 4) is 0 Å². The second-order valence-corrected chi connectivity index (χ2v) is 6.14. The Morgan fingerprint density at radius 3 is 2.75 bits per heavy atom. The Morgan fingerprint density at radius 1 is 1.42 bits per heavy atom. The zero-order valence-corrected chi connectivity index (χ0v) is 13.5. The quantitative estimate of drug-likeness (QED) is 0.780. The van der Waals surface area contributed by atoms with Gasteiger partial charge in [0, 0.05) is 6.42 Å². The molecule has 1 saturated carbocycles. The third-order valence-electron chi connectivity index (χ3n) is 4.28. The van der Waals surface area contributed by atoms with Gasteiger partial charge in [-0.2, -0.15) is 0 Å². The fraction of sp³-hybridized carbons (Fsp3) is 0.500. The third-order valence-corrected chi connectivity index (χ3v) is 4.28. The molecule has 0 bridgehead atoms. The number of benzene rings is 1. The highest BCUT2D eigenvalue weighted by atomic mass is 19.1. The first-order chi connectivity index (χ1) is 11.6. The van der Waals surface area contributed by atoms with Crippen LogP contribution in [0.25, 0.3) is 0 Å². The lowest BCUT2D eigenvalue weighted by Crippen LogP contribution is -2.42. The molecular formula is C16H20FN5O2. The highest BCUT2D eigenvalue weighted by molar-refractivity contribution is 5.79. The molecule has 0 saturated heterocycles. The van der Waals surface area contributed by atoms with Crippen LogP contribution in [-0.2, 0) is 16.1 Å². The maximum atomic E-state index is 13.9. The van der Waals surface area contributed by atoms with E-state index in [1.807, 2.05) is 30.3 Å². The number of aryl methyl sites for hydroxylation is 1. The summed E-state index contributed by atoms with van der Waals surface area (Å²) in [7, 11) is 0. The minimum atomic E-state index is -1.31. The predicted octanol–water partition coefficient (Wildman–Crippen LogP) is 1.71. The Hall–Kier alpha value is -2.35. The zero-order chi connectivity index (χ0) is 17.0. The number of nitrogens with zero attached hydrogens (tertiary/aromatic N) is 4. The summed E-state index contributed by atoms with van der Waals surface area (Å²) >= 11 is 0. The number of tetrazole rings is 1. The number of alkyl halides is 1. The Morgan fingerprint density at radius 2 is 2.17 bits per heavy atom. The van der Waals surface area contributed by atoms with Crippen LogP contribution in [0.15, 0.2) is 30.3 Å². The van der Waals surface area contributed by atoms with Gasteiger partial charge in [0.25, 0.3) is 5.91 Å². The number of carbonyl (C=O) groups excluding carboxylic acids is 1. The Bertz CT molecular complexity index is 687. The van der Waals surface area contributed by atoms with Crippen molar-refractivity contribution >= 4 is 5.91 Å². The number of hydrogen-bond acceptors (Lipinski definition) is 5. The van der Waals surface area contributed by atoms with Gasteiger partial charge < -0.3 is 0 Å². The van der Waals surface area contributed by atoms with E-state index in [-0.39, 0.29) is 6.61 Å². The second-order valence-electron chi connectivity index (χ2n) is 6.14. The fourth-order valence-corrected chi connectivity index (χ4v) is 2.66. The molecule has 0 aliphatic heterocycles. The molecule has 0 radical (unpaired) electrons. The van der Waals surface area contributed by atoms with Crippen molar-refractivity contribution in [2.75, 3.05) is 6.61 Å². The number of aromatic nitrogens is 4. The van der Waals surface area contributed by atoms with Gasteiger partial charge in [0.15, 0.2) is 0 Å². The summed E-state index contributed by atoms with van der Waals surface area (Å²) in [5, 5.41) is 11.3. The van der Waals surface area contributed by atoms with Crippen LogP contribution < -0.4 is 5.48 Å². The first-order valence-corrected chi connectivity index (χ1v) is 7.96. The van der Waals surface area contributed by atoms with Gasteiger partial charge in [0.2, 0.25) is 0 Å². The summed E-state index contributed by atoms with van der Waals surface area (Å²) in [6.45, 7) is 1.59. The van der Waals surface area contributed by atoms with Crippen LogP contribution in [0.4, 0.5) is 4.39 Å². The Balaban J connectivity index is 1.67. The summed E-state index contributed by atoms with van der Waals surface area (Å²) in [5.74, 6) is 0.115. The van der Waals surface area contributed by atoms with Gasteiger partial charge in [-0.05, 0) is 42.2 Å². The largest absolute Gasteiger partial charge is 0.270 e. The van der Waals surface area contributed by atoms with E-state index in [9.17, 15) is 9.18 Å². The normalized spacial score (nSPS) is 17.1. The molecule has 1 aliphatic carbocycles. The van der Waals surface area contributed by atoms with Crippen LogP contribution in [0.2, 0.25) is 0 Å². The molecule has 1 aliphatic rings. The molecular weight excluding hydrogens is 313 g/mol. The topological polar surface area (TPSA) is 81.9 Å². The van der Waals surface area contributed by atoms with E-state index in [2.05, 4.69) is 21.0 Å². The van der Waals surface area contributed by atoms with Crippen molar-refractivity contribution in [3.63, 3.8) is 0 Å². The summed E-state index contributed by atoms with van der Waals surface area (Å²) in [6.07, 6.45) is 2.21. The number of amides is 1. The Kier molecular flexibility index (Phi) is 4.84. The molecule has 0 spiro atoms.